The highest BCUT2D eigenvalue weighted by Crippen LogP contribution is 2.42. The first-order chi connectivity index (χ1) is 21.3. The standard InChI is InChI=1S/C34H37ClFN6O2P/c1-8-42-20-22(18-38-42)24-16-29(30(44-5)17-25(24)34(2,3)4)40-33-37-19-26(35)32(41-33)39-28-14-13-21(15-31(28)45(6,7)43)23-11-9-10-12-27(23)36/h9-20H,8H2,1-7H3,(H2,37,39,40,41). The maximum Gasteiger partial charge on any atom is 0.229 e. The first-order valence-corrected chi connectivity index (χ1v) is 17.5. The van der Waals surface area contributed by atoms with E-state index in [4.69, 9.17) is 16.3 Å². The van der Waals surface area contributed by atoms with E-state index in [2.05, 4.69) is 46.5 Å². The molecular formula is C34H37ClFN6O2P. The van der Waals surface area contributed by atoms with Crippen LogP contribution < -0.4 is 20.7 Å². The van der Waals surface area contributed by atoms with E-state index in [0.29, 0.717) is 39.4 Å². The van der Waals surface area contributed by atoms with E-state index in [-0.39, 0.29) is 22.2 Å². The van der Waals surface area contributed by atoms with Crippen molar-refractivity contribution in [3.05, 3.63) is 89.6 Å². The largest absolute Gasteiger partial charge is 0.495 e. The molecule has 0 radical (unpaired) electrons. The fourth-order valence-electron chi connectivity index (χ4n) is 5.09. The van der Waals surface area contributed by atoms with Gasteiger partial charge in [-0.25, -0.2) is 9.37 Å². The monoisotopic (exact) mass is 646 g/mol. The van der Waals surface area contributed by atoms with Crippen LogP contribution in [0.3, 0.4) is 0 Å². The average molecular weight is 647 g/mol. The van der Waals surface area contributed by atoms with Crippen LogP contribution in [0.1, 0.15) is 33.3 Å². The van der Waals surface area contributed by atoms with E-state index in [1.165, 1.54) is 12.3 Å². The van der Waals surface area contributed by atoms with Gasteiger partial charge in [0, 0.05) is 29.2 Å². The number of benzene rings is 3. The SMILES string of the molecule is CCn1cc(-c2cc(Nc3ncc(Cl)c(Nc4ccc(-c5ccccc5F)cc4P(C)(C)=O)n3)c(OC)cc2C(C)(C)C)cn1. The highest BCUT2D eigenvalue weighted by molar-refractivity contribution is 7.70. The summed E-state index contributed by atoms with van der Waals surface area (Å²) in [5.74, 6) is 0.870. The van der Waals surface area contributed by atoms with Gasteiger partial charge >= 0.3 is 0 Å². The van der Waals surface area contributed by atoms with Crippen LogP contribution in [-0.4, -0.2) is 40.2 Å². The van der Waals surface area contributed by atoms with Crippen LogP contribution in [0.25, 0.3) is 22.3 Å². The van der Waals surface area contributed by atoms with Crippen LogP contribution in [0.2, 0.25) is 5.02 Å². The summed E-state index contributed by atoms with van der Waals surface area (Å²) in [6, 6.07) is 15.8. The smallest absolute Gasteiger partial charge is 0.229 e. The molecule has 11 heteroatoms. The summed E-state index contributed by atoms with van der Waals surface area (Å²) in [5, 5.41) is 11.8. The lowest BCUT2D eigenvalue weighted by Crippen LogP contribution is -2.14. The Morgan fingerprint density at radius 2 is 1.73 bits per heavy atom. The van der Waals surface area contributed by atoms with Gasteiger partial charge in [0.2, 0.25) is 5.95 Å². The Labute approximate surface area is 268 Å². The number of rotatable bonds is 9. The first kappa shape index (κ1) is 32.2. The van der Waals surface area contributed by atoms with Crippen molar-refractivity contribution >= 4 is 47.2 Å². The van der Waals surface area contributed by atoms with Crippen LogP contribution in [0.15, 0.2) is 73.2 Å². The lowest BCUT2D eigenvalue weighted by Gasteiger charge is -2.25. The molecule has 0 unspecified atom stereocenters. The number of halogens is 2. The van der Waals surface area contributed by atoms with Gasteiger partial charge in [-0.15, -0.1) is 0 Å². The molecule has 2 N–H and O–H groups in total. The molecule has 0 amide bonds. The molecule has 0 aliphatic rings. The van der Waals surface area contributed by atoms with Crippen molar-refractivity contribution in [2.75, 3.05) is 31.1 Å². The van der Waals surface area contributed by atoms with Crippen molar-refractivity contribution in [2.24, 2.45) is 0 Å². The molecule has 2 heterocycles. The number of hydrogen-bond donors (Lipinski definition) is 2. The number of aromatic nitrogens is 4. The fourth-order valence-corrected chi connectivity index (χ4v) is 6.39. The minimum atomic E-state index is -2.81. The normalized spacial score (nSPS) is 11.8. The molecule has 5 rings (SSSR count). The van der Waals surface area contributed by atoms with Gasteiger partial charge in [0.05, 0.1) is 30.9 Å². The zero-order chi connectivity index (χ0) is 32.5. The van der Waals surface area contributed by atoms with E-state index in [0.717, 1.165) is 23.2 Å². The summed E-state index contributed by atoms with van der Waals surface area (Å²) in [5.41, 5.74) is 5.21. The van der Waals surface area contributed by atoms with E-state index in [1.807, 2.05) is 36.1 Å². The third kappa shape index (κ3) is 7.05. The van der Waals surface area contributed by atoms with Gasteiger partial charge in [0.15, 0.2) is 5.82 Å². The lowest BCUT2D eigenvalue weighted by atomic mass is 9.82. The van der Waals surface area contributed by atoms with Gasteiger partial charge in [0.1, 0.15) is 23.7 Å². The highest BCUT2D eigenvalue weighted by atomic mass is 35.5. The maximum absolute atomic E-state index is 14.6. The third-order valence-corrected chi connectivity index (χ3v) is 9.23. The van der Waals surface area contributed by atoms with Crippen molar-refractivity contribution in [2.45, 2.75) is 39.7 Å². The Morgan fingerprint density at radius 3 is 2.38 bits per heavy atom. The molecule has 0 saturated carbocycles. The van der Waals surface area contributed by atoms with Gasteiger partial charge in [-0.2, -0.15) is 10.1 Å². The van der Waals surface area contributed by atoms with Crippen LogP contribution in [0.4, 0.5) is 27.5 Å². The predicted octanol–water partition coefficient (Wildman–Crippen LogP) is 8.86. The Morgan fingerprint density at radius 1 is 0.978 bits per heavy atom. The van der Waals surface area contributed by atoms with E-state index in [9.17, 15) is 8.96 Å². The Balaban J connectivity index is 1.53. The van der Waals surface area contributed by atoms with Crippen molar-refractivity contribution < 1.29 is 13.7 Å². The molecule has 0 spiro atoms. The third-order valence-electron chi connectivity index (χ3n) is 7.42. The zero-order valence-corrected chi connectivity index (χ0v) is 28.1. The first-order valence-electron chi connectivity index (χ1n) is 14.5. The second-order valence-corrected chi connectivity index (χ2v) is 15.7. The van der Waals surface area contributed by atoms with Crippen molar-refractivity contribution in [3.63, 3.8) is 0 Å². The molecule has 3 aromatic carbocycles. The predicted molar refractivity (Wildman–Crippen MR) is 183 cm³/mol. The summed E-state index contributed by atoms with van der Waals surface area (Å²) in [6.07, 6.45) is 5.38. The second-order valence-electron chi connectivity index (χ2n) is 12.1. The summed E-state index contributed by atoms with van der Waals surface area (Å²) in [4.78, 5) is 9.07. The van der Waals surface area contributed by atoms with Crippen molar-refractivity contribution in [1.29, 1.82) is 0 Å². The molecule has 0 saturated heterocycles. The van der Waals surface area contributed by atoms with E-state index in [1.54, 1.807) is 56.8 Å². The quantitative estimate of drug-likeness (QED) is 0.155. The minimum absolute atomic E-state index is 0.166. The molecule has 0 atom stereocenters. The maximum atomic E-state index is 14.6. The number of ether oxygens (including phenoxy) is 1. The minimum Gasteiger partial charge on any atom is -0.495 e. The molecule has 45 heavy (non-hydrogen) atoms. The van der Waals surface area contributed by atoms with Gasteiger partial charge in [-0.1, -0.05) is 56.6 Å². The molecule has 8 nitrogen and oxygen atoms in total. The number of anilines is 4. The van der Waals surface area contributed by atoms with Gasteiger partial charge in [0.25, 0.3) is 0 Å². The van der Waals surface area contributed by atoms with Crippen LogP contribution in [0.5, 0.6) is 5.75 Å². The number of nitrogens with zero attached hydrogens (tertiary/aromatic N) is 4. The number of hydrogen-bond acceptors (Lipinski definition) is 7. The Bertz CT molecular complexity index is 1910. The Kier molecular flexibility index (Phi) is 9.06. The summed E-state index contributed by atoms with van der Waals surface area (Å²) in [7, 11) is -1.19. The van der Waals surface area contributed by atoms with E-state index < -0.39 is 7.14 Å². The average Bonchev–Trinajstić information content (AvgIpc) is 3.47. The van der Waals surface area contributed by atoms with Crippen LogP contribution in [-0.2, 0) is 16.5 Å². The zero-order valence-electron chi connectivity index (χ0n) is 26.4. The fraction of sp³-hybridized carbons (Fsp3) is 0.265. The molecule has 0 aliphatic carbocycles. The molecule has 0 aliphatic heterocycles. The van der Waals surface area contributed by atoms with E-state index >= 15 is 0 Å². The summed E-state index contributed by atoms with van der Waals surface area (Å²) < 4.78 is 35.6. The molecule has 5 aromatic rings. The van der Waals surface area contributed by atoms with Crippen LogP contribution in [0, 0.1) is 5.82 Å². The summed E-state index contributed by atoms with van der Waals surface area (Å²) >= 11 is 6.55. The second kappa shape index (κ2) is 12.7. The van der Waals surface area contributed by atoms with Crippen molar-refractivity contribution in [3.8, 4) is 28.0 Å². The van der Waals surface area contributed by atoms with Gasteiger partial charge in [-0.3, -0.25) is 4.68 Å². The topological polar surface area (TPSA) is 94.0 Å². The molecule has 0 bridgehead atoms. The van der Waals surface area contributed by atoms with Crippen molar-refractivity contribution in [1.82, 2.24) is 19.7 Å². The van der Waals surface area contributed by atoms with Gasteiger partial charge in [-0.05, 0) is 72.7 Å². The highest BCUT2D eigenvalue weighted by Gasteiger charge is 2.24. The Hall–Kier alpha value is -4.20. The molecular weight excluding hydrogens is 610 g/mol. The van der Waals surface area contributed by atoms with Gasteiger partial charge < -0.3 is 19.9 Å². The lowest BCUT2D eigenvalue weighted by molar-refractivity contribution is 0.415. The number of aryl methyl sites for hydroxylation is 1. The molecule has 0 fully saturated rings. The van der Waals surface area contributed by atoms with Crippen LogP contribution >= 0.6 is 18.7 Å². The number of nitrogens with one attached hydrogen (secondary N) is 2. The molecule has 234 valence electrons. The number of methoxy groups -OCH3 is 1. The summed E-state index contributed by atoms with van der Waals surface area (Å²) in [6.45, 7) is 12.6. The molecule has 2 aromatic heterocycles.